The number of hydrogen-bond acceptors (Lipinski definition) is 6. The van der Waals surface area contributed by atoms with Crippen LogP contribution in [0, 0.1) is 5.92 Å². The van der Waals surface area contributed by atoms with E-state index in [4.69, 9.17) is 0 Å². The number of rotatable bonds is 7. The number of amides is 2. The van der Waals surface area contributed by atoms with E-state index in [9.17, 15) is 14.4 Å². The van der Waals surface area contributed by atoms with Crippen LogP contribution in [0.25, 0.3) is 16.7 Å². The number of thioether (sulfide) groups is 1. The minimum Gasteiger partial charge on any atom is -0.353 e. The fourth-order valence-electron chi connectivity index (χ4n) is 4.13. The monoisotopic (exact) mass is 468 g/mol. The highest BCUT2D eigenvalue weighted by Crippen LogP contribution is 2.22. The quantitative estimate of drug-likeness (QED) is 0.421. The second-order valence-corrected chi connectivity index (χ2v) is 9.39. The molecule has 10 heteroatoms. The average Bonchev–Trinajstić information content (AvgIpc) is 3.24. The zero-order chi connectivity index (χ0) is 23.5. The summed E-state index contributed by atoms with van der Waals surface area (Å²) in [6.07, 6.45) is 3.15. The van der Waals surface area contributed by atoms with Gasteiger partial charge in [-0.1, -0.05) is 43.8 Å². The minimum absolute atomic E-state index is 0.00977. The minimum atomic E-state index is -0.151. The van der Waals surface area contributed by atoms with Crippen LogP contribution in [0.4, 0.5) is 0 Å². The normalized spacial score (nSPS) is 14.8. The first-order valence-corrected chi connectivity index (χ1v) is 12.1. The van der Waals surface area contributed by atoms with Crippen LogP contribution in [0.2, 0.25) is 0 Å². The summed E-state index contributed by atoms with van der Waals surface area (Å²) in [5, 5.41) is 12.6. The van der Waals surface area contributed by atoms with Gasteiger partial charge in [-0.3, -0.25) is 23.4 Å². The maximum absolute atomic E-state index is 12.9. The summed E-state index contributed by atoms with van der Waals surface area (Å²) in [7, 11) is 0. The van der Waals surface area contributed by atoms with E-state index in [1.165, 1.54) is 16.3 Å². The van der Waals surface area contributed by atoms with Crippen molar-refractivity contribution in [3.8, 4) is 0 Å². The average molecular weight is 469 g/mol. The molecule has 4 rings (SSSR count). The molecule has 0 aliphatic carbocycles. The molecular formula is C23H28N6O3S. The van der Waals surface area contributed by atoms with Crippen molar-refractivity contribution < 1.29 is 9.59 Å². The molecule has 0 radical (unpaired) electrons. The van der Waals surface area contributed by atoms with Crippen molar-refractivity contribution in [3.05, 3.63) is 47.3 Å². The van der Waals surface area contributed by atoms with Crippen LogP contribution >= 0.6 is 11.8 Å². The number of nitrogens with zero attached hydrogens (tertiary/aromatic N) is 5. The maximum atomic E-state index is 12.9. The van der Waals surface area contributed by atoms with E-state index >= 15 is 0 Å². The Morgan fingerprint density at radius 1 is 1.24 bits per heavy atom. The first-order valence-electron chi connectivity index (χ1n) is 11.1. The number of likely N-dealkylation sites (tertiary alicyclic amines) is 1. The Balaban J connectivity index is 1.46. The summed E-state index contributed by atoms with van der Waals surface area (Å²) < 4.78 is 3.34. The van der Waals surface area contributed by atoms with E-state index in [2.05, 4.69) is 22.1 Å². The van der Waals surface area contributed by atoms with Gasteiger partial charge in [-0.05, 0) is 25.0 Å². The Kier molecular flexibility index (Phi) is 6.83. The van der Waals surface area contributed by atoms with Crippen LogP contribution in [-0.2, 0) is 16.1 Å². The lowest BCUT2D eigenvalue weighted by molar-refractivity contribution is -0.135. The van der Waals surface area contributed by atoms with Crippen molar-refractivity contribution in [2.75, 3.05) is 18.8 Å². The Labute approximate surface area is 195 Å². The number of piperidine rings is 1. The number of aromatic nitrogens is 4. The van der Waals surface area contributed by atoms with Crippen LogP contribution in [-0.4, -0.2) is 60.8 Å². The van der Waals surface area contributed by atoms with Crippen LogP contribution in [0.1, 0.15) is 26.7 Å². The number of carbonyl (C=O) groups excluding carboxylic acids is 2. The molecule has 9 nitrogen and oxygen atoms in total. The first kappa shape index (κ1) is 23.0. The second kappa shape index (κ2) is 9.78. The van der Waals surface area contributed by atoms with Crippen molar-refractivity contribution in [3.63, 3.8) is 0 Å². The van der Waals surface area contributed by atoms with E-state index in [-0.39, 0.29) is 35.1 Å². The molecule has 1 N–H and O–H groups in total. The lowest BCUT2D eigenvalue weighted by Gasteiger charge is -2.33. The molecule has 3 aromatic rings. The van der Waals surface area contributed by atoms with Crippen molar-refractivity contribution in [2.45, 2.75) is 44.4 Å². The van der Waals surface area contributed by atoms with Crippen LogP contribution in [0.5, 0.6) is 0 Å². The standard InChI is InChI=1S/C23H28N6O3S/c1-4-11-28-21(32)17-7-5-6-8-18(17)29-22(28)25-26-23(29)33-14-19(30)24-16-9-12-27(13-10-16)20(31)15(2)3/h4-8,15-16H,1,9-14H2,2-3H3,(H,24,30). The third-order valence-electron chi connectivity index (χ3n) is 5.79. The molecule has 1 aliphatic rings. The lowest BCUT2D eigenvalue weighted by Crippen LogP contribution is -2.47. The Hall–Kier alpha value is -3.14. The number of nitrogens with one attached hydrogen (secondary N) is 1. The largest absolute Gasteiger partial charge is 0.353 e. The highest BCUT2D eigenvalue weighted by molar-refractivity contribution is 7.99. The van der Waals surface area contributed by atoms with Crippen molar-refractivity contribution in [1.29, 1.82) is 0 Å². The zero-order valence-corrected chi connectivity index (χ0v) is 19.7. The molecule has 0 atom stereocenters. The second-order valence-electron chi connectivity index (χ2n) is 8.45. The number of para-hydroxylation sites is 1. The van der Waals surface area contributed by atoms with Crippen LogP contribution in [0.3, 0.4) is 0 Å². The highest BCUT2D eigenvalue weighted by Gasteiger charge is 2.25. The highest BCUT2D eigenvalue weighted by atomic mass is 32.2. The molecule has 2 aromatic heterocycles. The Morgan fingerprint density at radius 2 is 1.97 bits per heavy atom. The third-order valence-corrected chi connectivity index (χ3v) is 6.72. The van der Waals surface area contributed by atoms with Gasteiger partial charge in [0.05, 0.1) is 16.7 Å². The molecule has 0 spiro atoms. The van der Waals surface area contributed by atoms with E-state index in [0.29, 0.717) is 41.5 Å². The maximum Gasteiger partial charge on any atom is 0.263 e. The smallest absolute Gasteiger partial charge is 0.263 e. The molecule has 0 unspecified atom stereocenters. The van der Waals surface area contributed by atoms with E-state index < -0.39 is 0 Å². The predicted molar refractivity (Wildman–Crippen MR) is 128 cm³/mol. The summed E-state index contributed by atoms with van der Waals surface area (Å²) in [6.45, 7) is 9.18. The van der Waals surface area contributed by atoms with E-state index in [1.54, 1.807) is 12.1 Å². The Bertz CT molecular complexity index is 1260. The summed E-state index contributed by atoms with van der Waals surface area (Å²) in [5.41, 5.74) is 0.551. The van der Waals surface area contributed by atoms with Gasteiger partial charge < -0.3 is 10.2 Å². The van der Waals surface area contributed by atoms with Gasteiger partial charge in [0.2, 0.25) is 17.6 Å². The summed E-state index contributed by atoms with van der Waals surface area (Å²) >= 11 is 1.28. The first-order chi connectivity index (χ1) is 15.9. The molecule has 1 fully saturated rings. The molecule has 3 heterocycles. The number of allylic oxidation sites excluding steroid dienone is 1. The van der Waals surface area contributed by atoms with E-state index in [0.717, 1.165) is 12.8 Å². The van der Waals surface area contributed by atoms with Crippen molar-refractivity contribution >= 4 is 40.3 Å². The fraction of sp³-hybridized carbons (Fsp3) is 0.435. The van der Waals surface area contributed by atoms with Gasteiger partial charge >= 0.3 is 0 Å². The Morgan fingerprint density at radius 3 is 2.67 bits per heavy atom. The van der Waals surface area contributed by atoms with Crippen molar-refractivity contribution in [1.82, 2.24) is 29.4 Å². The summed E-state index contributed by atoms with van der Waals surface area (Å²) in [6, 6.07) is 7.36. The molecule has 0 bridgehead atoms. The number of carbonyl (C=O) groups is 2. The predicted octanol–water partition coefficient (Wildman–Crippen LogP) is 2.09. The van der Waals surface area contributed by atoms with E-state index in [1.807, 2.05) is 41.3 Å². The number of benzene rings is 1. The van der Waals surface area contributed by atoms with Gasteiger partial charge in [0.25, 0.3) is 5.56 Å². The SMILES string of the molecule is C=CCn1c(=O)c2ccccc2n2c(SCC(=O)NC3CCN(C(=O)C(C)C)CC3)nnc12. The third kappa shape index (κ3) is 4.66. The van der Waals surface area contributed by atoms with Gasteiger partial charge in [-0.2, -0.15) is 0 Å². The lowest BCUT2D eigenvalue weighted by atomic mass is 10.0. The molecule has 1 saturated heterocycles. The molecule has 1 aromatic carbocycles. The molecule has 174 valence electrons. The molecule has 0 saturated carbocycles. The molecular weight excluding hydrogens is 440 g/mol. The van der Waals surface area contributed by atoms with Gasteiger partial charge in [-0.25, -0.2) is 0 Å². The van der Waals surface area contributed by atoms with Gasteiger partial charge in [-0.15, -0.1) is 16.8 Å². The molecule has 33 heavy (non-hydrogen) atoms. The van der Waals surface area contributed by atoms with Crippen LogP contribution in [0.15, 0.2) is 46.9 Å². The zero-order valence-electron chi connectivity index (χ0n) is 18.9. The summed E-state index contributed by atoms with van der Waals surface area (Å²) in [4.78, 5) is 39.5. The van der Waals surface area contributed by atoms with Crippen LogP contribution < -0.4 is 10.9 Å². The van der Waals surface area contributed by atoms with Crippen molar-refractivity contribution in [2.24, 2.45) is 5.92 Å². The van der Waals surface area contributed by atoms with Gasteiger partial charge in [0, 0.05) is 31.6 Å². The number of hydrogen-bond donors (Lipinski definition) is 1. The summed E-state index contributed by atoms with van der Waals surface area (Å²) in [5.74, 6) is 0.666. The van der Waals surface area contributed by atoms with Gasteiger partial charge in [0.15, 0.2) is 5.16 Å². The molecule has 2 amide bonds. The van der Waals surface area contributed by atoms with Gasteiger partial charge in [0.1, 0.15) is 0 Å². The fourth-order valence-corrected chi connectivity index (χ4v) is 4.88. The topological polar surface area (TPSA) is 102 Å². The molecule has 1 aliphatic heterocycles. The number of fused-ring (bicyclic) bond motifs is 3.